The van der Waals surface area contributed by atoms with Crippen molar-refractivity contribution >= 4 is 28.8 Å². The molecule has 170 valence electrons. The number of carbonyl (C=O) groups is 2. The van der Waals surface area contributed by atoms with Gasteiger partial charge in [-0.15, -0.1) is 0 Å². The van der Waals surface area contributed by atoms with Gasteiger partial charge in [-0.3, -0.25) is 4.79 Å². The molecule has 6 nitrogen and oxygen atoms in total. The lowest BCUT2D eigenvalue weighted by Crippen LogP contribution is -2.38. The van der Waals surface area contributed by atoms with Crippen molar-refractivity contribution in [2.75, 3.05) is 14.2 Å². The van der Waals surface area contributed by atoms with Gasteiger partial charge in [0.25, 0.3) is 0 Å². The average molecular weight is 466 g/mol. The monoisotopic (exact) mass is 465 g/mol. The first-order valence-electron chi connectivity index (χ1n) is 10.4. The zero-order valence-corrected chi connectivity index (χ0v) is 19.4. The van der Waals surface area contributed by atoms with Gasteiger partial charge in [0.15, 0.2) is 5.17 Å². The summed E-state index contributed by atoms with van der Waals surface area (Å²) in [7, 11) is 3.07. The number of halogens is 1. The third kappa shape index (κ3) is 4.71. The molecule has 2 aromatic carbocycles. The molecule has 4 rings (SSSR count). The van der Waals surface area contributed by atoms with E-state index in [0.29, 0.717) is 34.2 Å². The van der Waals surface area contributed by atoms with Crippen molar-refractivity contribution in [1.29, 1.82) is 0 Å². The van der Waals surface area contributed by atoms with Gasteiger partial charge in [0.2, 0.25) is 5.91 Å². The van der Waals surface area contributed by atoms with E-state index in [1.807, 2.05) is 40.6 Å². The molecule has 2 aliphatic rings. The van der Waals surface area contributed by atoms with E-state index in [-0.39, 0.29) is 12.3 Å². The van der Waals surface area contributed by atoms with Crippen LogP contribution in [0.2, 0.25) is 0 Å². The Balaban J connectivity index is 1.64. The van der Waals surface area contributed by atoms with E-state index in [4.69, 9.17) is 4.74 Å². The third-order valence-corrected chi connectivity index (χ3v) is 6.48. The van der Waals surface area contributed by atoms with E-state index in [1.165, 1.54) is 31.0 Å². The van der Waals surface area contributed by atoms with Gasteiger partial charge in [0, 0.05) is 19.3 Å². The number of carbonyl (C=O) groups excluding carboxylic acids is 2. The second-order valence-electron chi connectivity index (χ2n) is 7.85. The molecule has 2 aliphatic heterocycles. The second-order valence-corrected chi connectivity index (χ2v) is 8.69. The summed E-state index contributed by atoms with van der Waals surface area (Å²) in [5.41, 5.74) is 3.15. The van der Waals surface area contributed by atoms with Gasteiger partial charge in [0.1, 0.15) is 5.82 Å². The smallest absolute Gasteiger partial charge is 0.338 e. The molecule has 1 amide bonds. The van der Waals surface area contributed by atoms with E-state index in [2.05, 4.69) is 4.99 Å². The molecule has 0 radical (unpaired) electrons. The van der Waals surface area contributed by atoms with E-state index >= 15 is 0 Å². The van der Waals surface area contributed by atoms with Gasteiger partial charge in [0.05, 0.1) is 30.8 Å². The molecule has 2 aromatic rings. The number of amides is 1. The predicted octanol–water partition coefficient (Wildman–Crippen LogP) is 4.62. The molecule has 8 heteroatoms. The zero-order chi connectivity index (χ0) is 23.5. The normalized spacial score (nSPS) is 17.3. The molecular weight excluding hydrogens is 441 g/mol. The van der Waals surface area contributed by atoms with Crippen LogP contribution in [0.5, 0.6) is 0 Å². The summed E-state index contributed by atoms with van der Waals surface area (Å²) in [4.78, 5) is 33.8. The number of hydrogen-bond donors (Lipinski definition) is 0. The maximum Gasteiger partial charge on any atom is 0.338 e. The van der Waals surface area contributed by atoms with Gasteiger partial charge in [-0.25, -0.2) is 14.2 Å². The SMILES string of the molecule is COC(=O)C1=C(C)N=C2SC=C(CC(=O)N(C)Cc3ccccc3)N2[C@@H]1c1cccc(F)c1. The van der Waals surface area contributed by atoms with Crippen LogP contribution in [-0.2, 0) is 20.9 Å². The molecule has 0 bridgehead atoms. The van der Waals surface area contributed by atoms with Crippen molar-refractivity contribution in [1.82, 2.24) is 9.80 Å². The Morgan fingerprint density at radius 3 is 2.64 bits per heavy atom. The summed E-state index contributed by atoms with van der Waals surface area (Å²) in [6.07, 6.45) is 0.120. The molecule has 0 aromatic heterocycles. The highest BCUT2D eigenvalue weighted by molar-refractivity contribution is 8.16. The predicted molar refractivity (Wildman–Crippen MR) is 126 cm³/mol. The molecule has 33 heavy (non-hydrogen) atoms. The third-order valence-electron chi connectivity index (χ3n) is 5.59. The molecule has 0 N–H and O–H groups in total. The summed E-state index contributed by atoms with van der Waals surface area (Å²) in [5.74, 6) is -1.02. The standard InChI is InChI=1S/C25H24FN3O3S/c1-16-22(24(31)32-3)23(18-10-7-11-19(26)12-18)29-20(15-33-25(29)27-16)13-21(30)28(2)14-17-8-5-4-6-9-17/h4-12,15,23H,13-14H2,1-3H3/t23-/m1/s1. The Kier molecular flexibility index (Phi) is 6.65. The lowest BCUT2D eigenvalue weighted by atomic mass is 9.93. The molecule has 0 aliphatic carbocycles. The van der Waals surface area contributed by atoms with Gasteiger partial charge in [-0.05, 0) is 35.6 Å². The van der Waals surface area contributed by atoms with Gasteiger partial charge >= 0.3 is 5.97 Å². The van der Waals surface area contributed by atoms with Crippen LogP contribution in [0.25, 0.3) is 0 Å². The number of methoxy groups -OCH3 is 1. The largest absolute Gasteiger partial charge is 0.466 e. The first kappa shape index (κ1) is 22.8. The number of nitrogens with zero attached hydrogens (tertiary/aromatic N) is 3. The van der Waals surface area contributed by atoms with E-state index in [9.17, 15) is 14.0 Å². The minimum atomic E-state index is -0.644. The Bertz CT molecular complexity index is 1180. The number of benzene rings is 2. The van der Waals surface area contributed by atoms with E-state index in [1.54, 1.807) is 31.0 Å². The van der Waals surface area contributed by atoms with Crippen LogP contribution >= 0.6 is 11.8 Å². The van der Waals surface area contributed by atoms with Gasteiger partial charge in [-0.1, -0.05) is 54.2 Å². The van der Waals surface area contributed by atoms with Crippen LogP contribution in [0, 0.1) is 5.82 Å². The second kappa shape index (κ2) is 9.62. The van der Waals surface area contributed by atoms with Crippen molar-refractivity contribution in [2.24, 2.45) is 4.99 Å². The first-order valence-corrected chi connectivity index (χ1v) is 11.3. The van der Waals surface area contributed by atoms with Crippen molar-refractivity contribution in [3.8, 4) is 0 Å². The molecule has 0 fully saturated rings. The quantitative estimate of drug-likeness (QED) is 0.583. The van der Waals surface area contributed by atoms with Crippen LogP contribution in [0.15, 0.2) is 82.0 Å². The molecule has 2 heterocycles. The van der Waals surface area contributed by atoms with E-state index < -0.39 is 17.8 Å². The molecule has 1 atom stereocenters. The summed E-state index contributed by atoms with van der Waals surface area (Å²) >= 11 is 1.38. The Labute approximate surface area is 196 Å². The van der Waals surface area contributed by atoms with Crippen molar-refractivity contribution in [3.05, 3.63) is 93.9 Å². The van der Waals surface area contributed by atoms with Gasteiger partial charge < -0.3 is 14.5 Å². The number of ether oxygens (including phenoxy) is 1. The minimum absolute atomic E-state index is 0.0733. The summed E-state index contributed by atoms with van der Waals surface area (Å²) in [5, 5.41) is 2.51. The van der Waals surface area contributed by atoms with Crippen LogP contribution in [0.4, 0.5) is 4.39 Å². The summed E-state index contributed by atoms with van der Waals surface area (Å²) in [6, 6.07) is 15.2. The van der Waals surface area contributed by atoms with Crippen LogP contribution in [-0.4, -0.2) is 41.0 Å². The van der Waals surface area contributed by atoms with E-state index in [0.717, 1.165) is 5.56 Å². The lowest BCUT2D eigenvalue weighted by molar-refractivity contribution is -0.136. The number of fused-ring (bicyclic) bond motifs is 1. The fourth-order valence-corrected chi connectivity index (χ4v) is 4.93. The number of hydrogen-bond acceptors (Lipinski definition) is 6. The average Bonchev–Trinajstić information content (AvgIpc) is 3.20. The van der Waals surface area contributed by atoms with Crippen molar-refractivity contribution < 1.29 is 18.7 Å². The number of esters is 1. The highest BCUT2D eigenvalue weighted by Gasteiger charge is 2.41. The summed E-state index contributed by atoms with van der Waals surface area (Å²) < 4.78 is 19.2. The molecule has 0 unspecified atom stereocenters. The molecule has 0 spiro atoms. The van der Waals surface area contributed by atoms with Crippen molar-refractivity contribution in [3.63, 3.8) is 0 Å². The Morgan fingerprint density at radius 2 is 1.94 bits per heavy atom. The maximum atomic E-state index is 14.1. The number of allylic oxidation sites excluding steroid dienone is 1. The molecule has 0 saturated carbocycles. The van der Waals surface area contributed by atoms with Crippen LogP contribution in [0.1, 0.15) is 30.5 Å². The maximum absolute atomic E-state index is 14.1. The topological polar surface area (TPSA) is 62.2 Å². The Hall–Kier alpha value is -3.39. The number of aliphatic imine (C=N–C) groups is 1. The summed E-state index contributed by atoms with van der Waals surface area (Å²) in [6.45, 7) is 2.22. The lowest BCUT2D eigenvalue weighted by Gasteiger charge is -2.36. The van der Waals surface area contributed by atoms with Gasteiger partial charge in [-0.2, -0.15) is 0 Å². The molecule has 0 saturated heterocycles. The number of thioether (sulfide) groups is 1. The van der Waals surface area contributed by atoms with Crippen LogP contribution in [0.3, 0.4) is 0 Å². The minimum Gasteiger partial charge on any atom is -0.466 e. The molecular formula is C25H24FN3O3S. The van der Waals surface area contributed by atoms with Crippen LogP contribution < -0.4 is 0 Å². The fraction of sp³-hybridized carbons (Fsp3) is 0.240. The number of amidine groups is 1. The first-order chi connectivity index (χ1) is 15.9. The fourth-order valence-electron chi connectivity index (χ4n) is 3.97. The highest BCUT2D eigenvalue weighted by atomic mass is 32.2. The van der Waals surface area contributed by atoms with Crippen molar-refractivity contribution in [2.45, 2.75) is 25.9 Å². The zero-order valence-electron chi connectivity index (χ0n) is 18.6. The highest BCUT2D eigenvalue weighted by Crippen LogP contribution is 2.45. The Morgan fingerprint density at radius 1 is 1.18 bits per heavy atom. The number of rotatable bonds is 6.